The normalized spacial score (nSPS) is 16.4. The van der Waals surface area contributed by atoms with E-state index in [1.807, 2.05) is 0 Å². The second kappa shape index (κ2) is 4.18. The summed E-state index contributed by atoms with van der Waals surface area (Å²) in [5, 5.41) is 3.17. The number of nitrogens with two attached hydrogens (primary N) is 1. The molecule has 0 radical (unpaired) electrons. The Morgan fingerprint density at radius 2 is 2.36 bits per heavy atom. The number of carbonyl (C=O) groups excluding carboxylic acids is 1. The van der Waals surface area contributed by atoms with Crippen LogP contribution < -0.4 is 11.1 Å². The predicted octanol–water partition coefficient (Wildman–Crippen LogP) is 0.0813. The zero-order valence-electron chi connectivity index (χ0n) is 6.51. The molecule has 0 atom stereocenters. The molecule has 0 aromatic rings. The molecule has 1 rings (SSSR count). The van der Waals surface area contributed by atoms with Gasteiger partial charge >= 0.3 is 6.09 Å². The molecule has 1 aliphatic rings. The van der Waals surface area contributed by atoms with Crippen LogP contribution in [0.3, 0.4) is 0 Å². The van der Waals surface area contributed by atoms with Crippen molar-refractivity contribution in [1.29, 1.82) is 0 Å². The first-order valence-electron chi connectivity index (χ1n) is 3.92. The Hall–Kier alpha value is -0.770. The van der Waals surface area contributed by atoms with E-state index in [9.17, 15) is 4.79 Å². The van der Waals surface area contributed by atoms with Gasteiger partial charge in [-0.1, -0.05) is 0 Å². The molecule has 4 heteroatoms. The molecule has 4 nitrogen and oxygen atoms in total. The van der Waals surface area contributed by atoms with Crippen LogP contribution in [0.4, 0.5) is 4.79 Å². The van der Waals surface area contributed by atoms with Crippen LogP contribution in [0.2, 0.25) is 0 Å². The zero-order valence-corrected chi connectivity index (χ0v) is 6.51. The van der Waals surface area contributed by atoms with Gasteiger partial charge in [0.1, 0.15) is 6.61 Å². The Kier molecular flexibility index (Phi) is 3.16. The highest BCUT2D eigenvalue weighted by Crippen LogP contribution is 2.27. The van der Waals surface area contributed by atoms with E-state index in [-0.39, 0.29) is 0 Å². The van der Waals surface area contributed by atoms with E-state index in [0.29, 0.717) is 13.2 Å². The molecule has 0 saturated heterocycles. The van der Waals surface area contributed by atoms with Crippen molar-refractivity contribution in [2.75, 3.05) is 19.7 Å². The minimum Gasteiger partial charge on any atom is -0.448 e. The summed E-state index contributed by atoms with van der Waals surface area (Å²) in [5.74, 6) is 0.864. The molecule has 0 aliphatic heterocycles. The van der Waals surface area contributed by atoms with Gasteiger partial charge in [0, 0.05) is 6.54 Å². The van der Waals surface area contributed by atoms with E-state index in [4.69, 9.17) is 5.73 Å². The number of amides is 1. The number of primary amides is 1. The summed E-state index contributed by atoms with van der Waals surface area (Å²) in [4.78, 5) is 10.1. The van der Waals surface area contributed by atoms with Crippen LogP contribution in [0, 0.1) is 5.92 Å². The van der Waals surface area contributed by atoms with E-state index < -0.39 is 6.09 Å². The van der Waals surface area contributed by atoms with E-state index in [2.05, 4.69) is 10.1 Å². The molecule has 0 spiro atoms. The number of rotatable bonds is 5. The van der Waals surface area contributed by atoms with Crippen LogP contribution in [0.1, 0.15) is 12.8 Å². The Morgan fingerprint density at radius 3 is 2.91 bits per heavy atom. The van der Waals surface area contributed by atoms with Crippen LogP contribution in [0.25, 0.3) is 0 Å². The van der Waals surface area contributed by atoms with Gasteiger partial charge in [-0.25, -0.2) is 4.79 Å². The third kappa shape index (κ3) is 4.61. The minimum atomic E-state index is -0.696. The fourth-order valence-corrected chi connectivity index (χ4v) is 0.852. The lowest BCUT2D eigenvalue weighted by molar-refractivity contribution is 0.157. The Balaban J connectivity index is 1.76. The SMILES string of the molecule is NC(=O)OCCNCC1CC1. The summed E-state index contributed by atoms with van der Waals surface area (Å²) in [6.45, 7) is 2.13. The van der Waals surface area contributed by atoms with Crippen molar-refractivity contribution in [2.24, 2.45) is 11.7 Å². The van der Waals surface area contributed by atoms with Crippen molar-refractivity contribution in [3.05, 3.63) is 0 Å². The third-order valence-corrected chi connectivity index (χ3v) is 1.65. The van der Waals surface area contributed by atoms with E-state index in [0.717, 1.165) is 12.5 Å². The summed E-state index contributed by atoms with van der Waals surface area (Å²) >= 11 is 0. The first-order valence-corrected chi connectivity index (χ1v) is 3.92. The van der Waals surface area contributed by atoms with Crippen LogP contribution in [0.15, 0.2) is 0 Å². The monoisotopic (exact) mass is 158 g/mol. The maximum absolute atomic E-state index is 10.1. The highest BCUT2D eigenvalue weighted by molar-refractivity contribution is 5.64. The minimum absolute atomic E-state index is 0.377. The molecule has 0 heterocycles. The fourth-order valence-electron chi connectivity index (χ4n) is 0.852. The maximum atomic E-state index is 10.1. The number of hydrogen-bond acceptors (Lipinski definition) is 3. The lowest BCUT2D eigenvalue weighted by Gasteiger charge is -2.02. The van der Waals surface area contributed by atoms with E-state index >= 15 is 0 Å². The molecule has 11 heavy (non-hydrogen) atoms. The van der Waals surface area contributed by atoms with Gasteiger partial charge in [0.2, 0.25) is 0 Å². The lowest BCUT2D eigenvalue weighted by atomic mass is 10.4. The van der Waals surface area contributed by atoms with Crippen molar-refractivity contribution in [1.82, 2.24) is 5.32 Å². The van der Waals surface area contributed by atoms with E-state index in [1.54, 1.807) is 0 Å². The molecule has 0 bridgehead atoms. The maximum Gasteiger partial charge on any atom is 0.404 e. The standard InChI is InChI=1S/C7H14N2O2/c8-7(10)11-4-3-9-5-6-1-2-6/h6,9H,1-5H2,(H2,8,10). The van der Waals surface area contributed by atoms with Crippen LogP contribution in [-0.4, -0.2) is 25.8 Å². The molecule has 0 aromatic carbocycles. The third-order valence-electron chi connectivity index (χ3n) is 1.65. The van der Waals surface area contributed by atoms with Gasteiger partial charge in [-0.2, -0.15) is 0 Å². The molecule has 3 N–H and O–H groups in total. The van der Waals surface area contributed by atoms with Gasteiger partial charge in [-0.3, -0.25) is 0 Å². The molecule has 1 amide bonds. The molecular weight excluding hydrogens is 144 g/mol. The summed E-state index contributed by atoms with van der Waals surface area (Å²) in [6, 6.07) is 0. The van der Waals surface area contributed by atoms with E-state index in [1.165, 1.54) is 12.8 Å². The van der Waals surface area contributed by atoms with Gasteiger partial charge in [0.15, 0.2) is 0 Å². The van der Waals surface area contributed by atoms with Gasteiger partial charge in [0.25, 0.3) is 0 Å². The van der Waals surface area contributed by atoms with Gasteiger partial charge < -0.3 is 15.8 Å². The summed E-state index contributed by atoms with van der Waals surface area (Å²) in [6.07, 6.45) is 1.98. The summed E-state index contributed by atoms with van der Waals surface area (Å²) in [5.41, 5.74) is 4.76. The summed E-state index contributed by atoms with van der Waals surface area (Å²) in [7, 11) is 0. The molecule has 1 aliphatic carbocycles. The molecule has 1 saturated carbocycles. The van der Waals surface area contributed by atoms with Crippen LogP contribution in [0.5, 0.6) is 0 Å². The van der Waals surface area contributed by atoms with Crippen molar-refractivity contribution >= 4 is 6.09 Å². The fraction of sp³-hybridized carbons (Fsp3) is 0.857. The topological polar surface area (TPSA) is 64.4 Å². The molecule has 0 unspecified atom stereocenters. The van der Waals surface area contributed by atoms with Crippen molar-refractivity contribution < 1.29 is 9.53 Å². The Morgan fingerprint density at radius 1 is 1.64 bits per heavy atom. The Labute approximate surface area is 66.1 Å². The summed E-state index contributed by atoms with van der Waals surface area (Å²) < 4.78 is 4.52. The first-order chi connectivity index (χ1) is 5.29. The van der Waals surface area contributed by atoms with Crippen molar-refractivity contribution in [2.45, 2.75) is 12.8 Å². The van der Waals surface area contributed by atoms with Gasteiger partial charge in [0.05, 0.1) is 0 Å². The van der Waals surface area contributed by atoms with Gasteiger partial charge in [-0.15, -0.1) is 0 Å². The second-order valence-electron chi connectivity index (χ2n) is 2.81. The number of hydrogen-bond donors (Lipinski definition) is 2. The molecular formula is C7H14N2O2. The second-order valence-corrected chi connectivity index (χ2v) is 2.81. The van der Waals surface area contributed by atoms with Crippen molar-refractivity contribution in [3.8, 4) is 0 Å². The number of carbonyl (C=O) groups is 1. The molecule has 1 fully saturated rings. The zero-order chi connectivity index (χ0) is 8.10. The predicted molar refractivity (Wildman–Crippen MR) is 41.1 cm³/mol. The average molecular weight is 158 g/mol. The average Bonchev–Trinajstić information content (AvgIpc) is 2.70. The van der Waals surface area contributed by atoms with Crippen LogP contribution >= 0.6 is 0 Å². The smallest absolute Gasteiger partial charge is 0.404 e. The van der Waals surface area contributed by atoms with Crippen molar-refractivity contribution in [3.63, 3.8) is 0 Å². The lowest BCUT2D eigenvalue weighted by Crippen LogP contribution is -2.25. The van der Waals surface area contributed by atoms with Crippen LogP contribution in [-0.2, 0) is 4.74 Å². The highest BCUT2D eigenvalue weighted by Gasteiger charge is 2.19. The number of nitrogens with one attached hydrogen (secondary N) is 1. The molecule has 0 aromatic heterocycles. The van der Waals surface area contributed by atoms with Gasteiger partial charge in [-0.05, 0) is 25.3 Å². The Bertz CT molecular complexity index is 134. The molecule has 64 valence electrons. The largest absolute Gasteiger partial charge is 0.448 e. The quantitative estimate of drug-likeness (QED) is 0.557. The number of ether oxygens (including phenoxy) is 1. The first kappa shape index (κ1) is 8.33. The highest BCUT2D eigenvalue weighted by atomic mass is 16.5.